The zero-order valence-electron chi connectivity index (χ0n) is 6.02. The molecule has 0 aliphatic heterocycles. The summed E-state index contributed by atoms with van der Waals surface area (Å²) in [6, 6.07) is 0. The maximum absolute atomic E-state index is 12.0. The molecule has 0 amide bonds. The molecule has 1 atom stereocenters. The average Bonchev–Trinajstić information content (AvgIpc) is 1.87. The first-order chi connectivity index (χ1) is 5.07. The molecular formula is C6H9F3O2. The van der Waals surface area contributed by atoms with E-state index in [-0.39, 0.29) is 6.61 Å². The number of halogens is 3. The van der Waals surface area contributed by atoms with Crippen molar-refractivity contribution in [2.75, 3.05) is 6.61 Å². The molecule has 0 aliphatic rings. The monoisotopic (exact) mass is 170 g/mol. The smallest absolute Gasteiger partial charge is 0.308 e. The van der Waals surface area contributed by atoms with Gasteiger partial charge in [0.15, 0.2) is 6.17 Å². The van der Waals surface area contributed by atoms with E-state index in [0.29, 0.717) is 0 Å². The second kappa shape index (κ2) is 4.98. The first-order valence-corrected chi connectivity index (χ1v) is 3.15. The van der Waals surface area contributed by atoms with Crippen LogP contribution < -0.4 is 0 Å². The lowest BCUT2D eigenvalue weighted by atomic mass is 10.3. The molecule has 0 radical (unpaired) electrons. The molecule has 0 spiro atoms. The Morgan fingerprint density at radius 2 is 2.00 bits per heavy atom. The maximum Gasteiger partial charge on any atom is 0.308 e. The third-order valence-electron chi connectivity index (χ3n) is 0.940. The molecule has 0 aromatic rings. The Morgan fingerprint density at radius 3 is 2.36 bits per heavy atom. The van der Waals surface area contributed by atoms with Crippen LogP contribution >= 0.6 is 0 Å². The quantitative estimate of drug-likeness (QED) is 0.598. The van der Waals surface area contributed by atoms with Crippen molar-refractivity contribution in [1.82, 2.24) is 0 Å². The van der Waals surface area contributed by atoms with Gasteiger partial charge in [-0.2, -0.15) is 0 Å². The Morgan fingerprint density at radius 1 is 1.45 bits per heavy atom. The standard InChI is InChI=1S/C6H9F3O2/c1-2-11-5(10)3-4(7)6(8)9/h4,6H,2-3H2,1H3. The van der Waals surface area contributed by atoms with E-state index in [0.717, 1.165) is 0 Å². The van der Waals surface area contributed by atoms with Crippen LogP contribution in [0.2, 0.25) is 0 Å². The molecule has 1 unspecified atom stereocenters. The molecule has 2 nitrogen and oxygen atoms in total. The number of rotatable bonds is 4. The van der Waals surface area contributed by atoms with E-state index in [2.05, 4.69) is 4.74 Å². The predicted molar refractivity (Wildman–Crippen MR) is 32.1 cm³/mol. The number of hydrogen-bond donors (Lipinski definition) is 0. The van der Waals surface area contributed by atoms with Crippen LogP contribution in [0.25, 0.3) is 0 Å². The van der Waals surface area contributed by atoms with E-state index in [1.165, 1.54) is 6.92 Å². The van der Waals surface area contributed by atoms with Gasteiger partial charge in [0.2, 0.25) is 0 Å². The van der Waals surface area contributed by atoms with Crippen LogP contribution in [0.5, 0.6) is 0 Å². The Labute approximate surface area is 62.3 Å². The maximum atomic E-state index is 12.0. The van der Waals surface area contributed by atoms with Crippen molar-refractivity contribution in [3.05, 3.63) is 0 Å². The van der Waals surface area contributed by atoms with Gasteiger partial charge < -0.3 is 4.74 Å². The Balaban J connectivity index is 3.57. The summed E-state index contributed by atoms with van der Waals surface area (Å²) in [6.07, 6.45) is -6.39. The minimum Gasteiger partial charge on any atom is -0.466 e. The number of hydrogen-bond acceptors (Lipinski definition) is 2. The normalized spacial score (nSPS) is 13.2. The van der Waals surface area contributed by atoms with Gasteiger partial charge in [-0.15, -0.1) is 0 Å². The van der Waals surface area contributed by atoms with Gasteiger partial charge in [0.05, 0.1) is 13.0 Å². The van der Waals surface area contributed by atoms with E-state index < -0.39 is 25.0 Å². The fourth-order valence-electron chi connectivity index (χ4n) is 0.468. The Bertz CT molecular complexity index is 127. The van der Waals surface area contributed by atoms with Crippen molar-refractivity contribution in [2.24, 2.45) is 0 Å². The highest BCUT2D eigenvalue weighted by molar-refractivity contribution is 5.69. The van der Waals surface area contributed by atoms with Crippen LogP contribution in [0.1, 0.15) is 13.3 Å². The van der Waals surface area contributed by atoms with Crippen LogP contribution in [0.4, 0.5) is 13.2 Å². The molecule has 0 rings (SSSR count). The van der Waals surface area contributed by atoms with Gasteiger partial charge in [-0.25, -0.2) is 13.2 Å². The molecule has 66 valence electrons. The van der Waals surface area contributed by atoms with Crippen molar-refractivity contribution in [1.29, 1.82) is 0 Å². The zero-order chi connectivity index (χ0) is 8.85. The lowest BCUT2D eigenvalue weighted by Gasteiger charge is -2.05. The van der Waals surface area contributed by atoms with Crippen LogP contribution in [0.3, 0.4) is 0 Å². The first-order valence-electron chi connectivity index (χ1n) is 3.15. The third-order valence-corrected chi connectivity index (χ3v) is 0.940. The van der Waals surface area contributed by atoms with Crippen molar-refractivity contribution in [3.63, 3.8) is 0 Å². The fraction of sp³-hybridized carbons (Fsp3) is 0.833. The number of esters is 1. The van der Waals surface area contributed by atoms with E-state index in [9.17, 15) is 18.0 Å². The highest BCUT2D eigenvalue weighted by Crippen LogP contribution is 2.09. The van der Waals surface area contributed by atoms with E-state index >= 15 is 0 Å². The van der Waals surface area contributed by atoms with Crippen LogP contribution in [0, 0.1) is 0 Å². The number of ether oxygens (including phenoxy) is 1. The largest absolute Gasteiger partial charge is 0.466 e. The topological polar surface area (TPSA) is 26.3 Å². The molecule has 0 aromatic carbocycles. The lowest BCUT2D eigenvalue weighted by molar-refractivity contribution is -0.146. The lowest BCUT2D eigenvalue weighted by Crippen LogP contribution is -2.18. The molecule has 0 fully saturated rings. The highest BCUT2D eigenvalue weighted by Gasteiger charge is 2.22. The predicted octanol–water partition coefficient (Wildman–Crippen LogP) is 1.54. The minimum absolute atomic E-state index is 0.0782. The summed E-state index contributed by atoms with van der Waals surface area (Å²) < 4.78 is 39.2. The minimum atomic E-state index is -3.11. The van der Waals surface area contributed by atoms with Crippen LogP contribution in [-0.4, -0.2) is 25.2 Å². The Hall–Kier alpha value is -0.740. The van der Waals surface area contributed by atoms with E-state index in [1.54, 1.807) is 0 Å². The van der Waals surface area contributed by atoms with Crippen LogP contribution in [-0.2, 0) is 9.53 Å². The fourth-order valence-corrected chi connectivity index (χ4v) is 0.468. The molecule has 5 heteroatoms. The zero-order valence-corrected chi connectivity index (χ0v) is 6.02. The molecule has 11 heavy (non-hydrogen) atoms. The van der Waals surface area contributed by atoms with Crippen molar-refractivity contribution in [3.8, 4) is 0 Å². The van der Waals surface area contributed by atoms with Crippen molar-refractivity contribution >= 4 is 5.97 Å². The van der Waals surface area contributed by atoms with Crippen LogP contribution in [0.15, 0.2) is 0 Å². The molecule has 0 heterocycles. The summed E-state index contributed by atoms with van der Waals surface area (Å²) in [5, 5.41) is 0. The van der Waals surface area contributed by atoms with Gasteiger partial charge >= 0.3 is 5.97 Å². The molecule has 0 aliphatic carbocycles. The van der Waals surface area contributed by atoms with Gasteiger partial charge in [-0.3, -0.25) is 4.79 Å². The van der Waals surface area contributed by atoms with Gasteiger partial charge in [0.25, 0.3) is 6.43 Å². The van der Waals surface area contributed by atoms with Gasteiger partial charge in [0.1, 0.15) is 0 Å². The highest BCUT2D eigenvalue weighted by atomic mass is 19.3. The summed E-state index contributed by atoms with van der Waals surface area (Å²) >= 11 is 0. The number of carbonyl (C=O) groups excluding carboxylic acids is 1. The van der Waals surface area contributed by atoms with Crippen molar-refractivity contribution in [2.45, 2.75) is 25.9 Å². The summed E-state index contributed by atoms with van der Waals surface area (Å²) in [5.74, 6) is -0.930. The van der Waals surface area contributed by atoms with Gasteiger partial charge in [0, 0.05) is 0 Å². The number of carbonyl (C=O) groups is 1. The molecule has 0 bridgehead atoms. The molecule has 0 N–H and O–H groups in total. The summed E-state index contributed by atoms with van der Waals surface area (Å²) in [4.78, 5) is 10.4. The SMILES string of the molecule is CCOC(=O)CC(F)C(F)F. The molecule has 0 saturated heterocycles. The summed E-state index contributed by atoms with van der Waals surface area (Å²) in [6.45, 7) is 1.60. The summed E-state index contributed by atoms with van der Waals surface area (Å²) in [7, 11) is 0. The van der Waals surface area contributed by atoms with E-state index in [4.69, 9.17) is 0 Å². The van der Waals surface area contributed by atoms with Crippen molar-refractivity contribution < 1.29 is 22.7 Å². The summed E-state index contributed by atoms with van der Waals surface area (Å²) in [5.41, 5.74) is 0. The molecule has 0 saturated carbocycles. The van der Waals surface area contributed by atoms with Gasteiger partial charge in [-0.05, 0) is 6.92 Å². The second-order valence-corrected chi connectivity index (χ2v) is 1.86. The first kappa shape index (κ1) is 10.3. The van der Waals surface area contributed by atoms with E-state index in [1.807, 2.05) is 0 Å². The van der Waals surface area contributed by atoms with Gasteiger partial charge in [-0.1, -0.05) is 0 Å². The Kier molecular flexibility index (Phi) is 4.65. The average molecular weight is 170 g/mol. The molecule has 0 aromatic heterocycles. The third kappa shape index (κ3) is 4.64. The number of alkyl halides is 3. The second-order valence-electron chi connectivity index (χ2n) is 1.86. The molecular weight excluding hydrogens is 161 g/mol.